The number of amides is 1. The van der Waals surface area contributed by atoms with Gasteiger partial charge < -0.3 is 20.5 Å². The van der Waals surface area contributed by atoms with Crippen LogP contribution in [0.3, 0.4) is 0 Å². The number of rotatable bonds is 8. The van der Waals surface area contributed by atoms with Gasteiger partial charge in [0.05, 0.1) is 18.4 Å². The summed E-state index contributed by atoms with van der Waals surface area (Å²) in [7, 11) is 0.0129. The molecule has 4 aliphatic rings. The van der Waals surface area contributed by atoms with Crippen molar-refractivity contribution in [3.8, 4) is 0 Å². The molecule has 5 rings (SSSR count). The van der Waals surface area contributed by atoms with Crippen molar-refractivity contribution in [3.63, 3.8) is 0 Å². The molecule has 188 valence electrons. The molecule has 3 unspecified atom stereocenters. The number of benzene rings is 1. The third-order valence-electron chi connectivity index (χ3n) is 8.12. The Morgan fingerprint density at radius 2 is 1.88 bits per heavy atom. The number of carbonyl (C=O) groups excluding carboxylic acids is 2. The Hall–Kier alpha value is -2.17. The molecule has 3 atom stereocenters. The van der Waals surface area contributed by atoms with E-state index < -0.39 is 28.1 Å². The van der Waals surface area contributed by atoms with Crippen LogP contribution in [0, 0.1) is 17.3 Å². The molecular formula is C24H35N3O6S. The van der Waals surface area contributed by atoms with Crippen molar-refractivity contribution in [2.24, 2.45) is 17.3 Å². The molecule has 0 spiro atoms. The third-order valence-corrected chi connectivity index (χ3v) is 9.97. The van der Waals surface area contributed by atoms with Gasteiger partial charge in [-0.05, 0) is 80.9 Å². The molecule has 4 bridgehead atoms. The summed E-state index contributed by atoms with van der Waals surface area (Å²) in [5.41, 5.74) is -0.207. The maximum absolute atomic E-state index is 13.2. The molecule has 0 heterocycles. The van der Waals surface area contributed by atoms with E-state index in [0.717, 1.165) is 36.4 Å². The molecule has 3 N–H and O–H groups in total. The monoisotopic (exact) mass is 493 g/mol. The van der Waals surface area contributed by atoms with E-state index in [2.05, 4.69) is 15.4 Å². The van der Waals surface area contributed by atoms with Crippen molar-refractivity contribution in [1.29, 1.82) is 0 Å². The maximum atomic E-state index is 13.2. The van der Waals surface area contributed by atoms with Crippen molar-refractivity contribution >= 4 is 27.6 Å². The lowest BCUT2D eigenvalue weighted by Crippen LogP contribution is -2.61. The first-order chi connectivity index (χ1) is 15.9. The second kappa shape index (κ2) is 8.80. The van der Waals surface area contributed by atoms with Crippen LogP contribution in [0.5, 0.6) is 0 Å². The normalized spacial score (nSPS) is 30.8. The Bertz CT molecular complexity index is 1070. The largest absolute Gasteiger partial charge is 0.468 e. The highest BCUT2D eigenvalue weighted by Crippen LogP contribution is 2.62. The Morgan fingerprint density at radius 3 is 2.44 bits per heavy atom. The van der Waals surface area contributed by atoms with Crippen molar-refractivity contribution in [2.75, 3.05) is 33.1 Å². The van der Waals surface area contributed by atoms with Crippen molar-refractivity contribution in [2.45, 2.75) is 62.0 Å². The van der Waals surface area contributed by atoms with E-state index in [-0.39, 0.29) is 27.8 Å². The Morgan fingerprint density at radius 1 is 1.24 bits per heavy atom. The van der Waals surface area contributed by atoms with Gasteiger partial charge in [0.25, 0.3) is 5.91 Å². The fourth-order valence-electron chi connectivity index (χ4n) is 6.81. The molecule has 4 aliphatic carbocycles. The summed E-state index contributed by atoms with van der Waals surface area (Å²) in [6, 6.07) is 4.32. The fourth-order valence-corrected chi connectivity index (χ4v) is 8.14. The highest BCUT2D eigenvalue weighted by atomic mass is 32.2. The van der Waals surface area contributed by atoms with Crippen LogP contribution in [0.4, 0.5) is 5.69 Å². The highest BCUT2D eigenvalue weighted by Gasteiger charge is 2.59. The quantitative estimate of drug-likeness (QED) is 0.473. The van der Waals surface area contributed by atoms with Crippen LogP contribution in [-0.4, -0.2) is 69.1 Å². The zero-order valence-corrected chi connectivity index (χ0v) is 21.1. The van der Waals surface area contributed by atoms with E-state index in [4.69, 9.17) is 0 Å². The molecule has 0 saturated heterocycles. The first kappa shape index (κ1) is 24.9. The van der Waals surface area contributed by atoms with E-state index >= 15 is 0 Å². The number of hydrogen-bond donors (Lipinski definition) is 3. The molecule has 1 aromatic carbocycles. The standard InChI is InChI=1S/C24H35N3O6S/c1-15(23-9-16-7-17(10-23)12-24(30,11-16)14-23)26-22(29)18-5-6-19(25-2)20(8-18)34(31,32)27(3)13-21(28)33-4/h5-6,8,15-17,25,30H,7,9-14H2,1-4H3,(H,26,29). The number of sulfonamides is 1. The summed E-state index contributed by atoms with van der Waals surface area (Å²) in [5.74, 6) is -0.0350. The summed E-state index contributed by atoms with van der Waals surface area (Å²) >= 11 is 0. The second-order valence-corrected chi connectivity index (χ2v) is 12.6. The van der Waals surface area contributed by atoms with E-state index in [9.17, 15) is 23.1 Å². The smallest absolute Gasteiger partial charge is 0.321 e. The van der Waals surface area contributed by atoms with Gasteiger partial charge in [-0.3, -0.25) is 9.59 Å². The zero-order valence-electron chi connectivity index (χ0n) is 20.3. The highest BCUT2D eigenvalue weighted by molar-refractivity contribution is 7.89. The number of ether oxygens (including phenoxy) is 1. The lowest BCUT2D eigenvalue weighted by atomic mass is 9.46. The van der Waals surface area contributed by atoms with Crippen LogP contribution in [0.25, 0.3) is 0 Å². The number of methoxy groups -OCH3 is 1. The van der Waals surface area contributed by atoms with Crippen LogP contribution < -0.4 is 10.6 Å². The zero-order chi connectivity index (χ0) is 24.9. The molecule has 9 nitrogen and oxygen atoms in total. The average molecular weight is 494 g/mol. The SMILES string of the molecule is CNc1ccc(C(=O)NC(C)C23CC4CC(CC(O)(C4)C2)C3)cc1S(=O)(=O)N(C)CC(=O)OC. The van der Waals surface area contributed by atoms with Gasteiger partial charge in [0.1, 0.15) is 11.4 Å². The Labute approximate surface area is 201 Å². The van der Waals surface area contributed by atoms with Crippen LogP contribution in [0.15, 0.2) is 23.1 Å². The molecule has 34 heavy (non-hydrogen) atoms. The number of aliphatic hydroxyl groups is 1. The first-order valence-electron chi connectivity index (χ1n) is 11.8. The molecule has 1 aromatic rings. The predicted octanol–water partition coefficient (Wildman–Crippen LogP) is 1.97. The number of likely N-dealkylation sites (N-methyl/N-ethyl adjacent to an activating group) is 1. The number of hydrogen-bond acceptors (Lipinski definition) is 7. The lowest BCUT2D eigenvalue weighted by Gasteiger charge is -2.62. The molecule has 1 amide bonds. The van der Waals surface area contributed by atoms with E-state index in [1.54, 1.807) is 19.2 Å². The minimum Gasteiger partial charge on any atom is -0.468 e. The minimum atomic E-state index is -4.06. The van der Waals surface area contributed by atoms with Gasteiger partial charge >= 0.3 is 5.97 Å². The van der Waals surface area contributed by atoms with Gasteiger partial charge in [-0.25, -0.2) is 8.42 Å². The lowest BCUT2D eigenvalue weighted by molar-refractivity contribution is -0.171. The molecular weight excluding hydrogens is 458 g/mol. The third kappa shape index (κ3) is 4.43. The Balaban J connectivity index is 1.56. The van der Waals surface area contributed by atoms with Gasteiger partial charge in [-0.2, -0.15) is 4.31 Å². The van der Waals surface area contributed by atoms with E-state index in [1.807, 2.05) is 6.92 Å². The Kier molecular flexibility index (Phi) is 6.46. The van der Waals surface area contributed by atoms with Gasteiger partial charge in [0.2, 0.25) is 10.0 Å². The number of anilines is 1. The van der Waals surface area contributed by atoms with Crippen molar-refractivity contribution < 1.29 is 27.9 Å². The fraction of sp³-hybridized carbons (Fsp3) is 0.667. The number of nitrogens with zero attached hydrogens (tertiary/aromatic N) is 1. The number of carbonyl (C=O) groups is 2. The number of esters is 1. The van der Waals surface area contributed by atoms with Crippen molar-refractivity contribution in [3.05, 3.63) is 23.8 Å². The van der Waals surface area contributed by atoms with E-state index in [1.165, 1.54) is 20.2 Å². The molecule has 0 aromatic heterocycles. The molecule has 0 aliphatic heterocycles. The summed E-state index contributed by atoms with van der Waals surface area (Å²) in [6.07, 6.45) is 5.59. The summed E-state index contributed by atoms with van der Waals surface area (Å²) in [6.45, 7) is 1.56. The summed E-state index contributed by atoms with van der Waals surface area (Å²) in [5, 5.41) is 17.0. The summed E-state index contributed by atoms with van der Waals surface area (Å²) < 4.78 is 31.8. The maximum Gasteiger partial charge on any atom is 0.321 e. The second-order valence-electron chi connectivity index (χ2n) is 10.5. The molecule has 0 radical (unpaired) electrons. The van der Waals surface area contributed by atoms with Gasteiger partial charge in [0.15, 0.2) is 0 Å². The molecule has 10 heteroatoms. The number of nitrogens with one attached hydrogen (secondary N) is 2. The van der Waals surface area contributed by atoms with E-state index in [0.29, 0.717) is 23.9 Å². The first-order valence-corrected chi connectivity index (χ1v) is 13.2. The average Bonchev–Trinajstić information content (AvgIpc) is 2.76. The minimum absolute atomic E-state index is 0.0918. The van der Waals surface area contributed by atoms with Crippen LogP contribution in [0.2, 0.25) is 0 Å². The van der Waals surface area contributed by atoms with Crippen LogP contribution in [-0.2, 0) is 19.6 Å². The van der Waals surface area contributed by atoms with Gasteiger partial charge in [-0.1, -0.05) is 0 Å². The van der Waals surface area contributed by atoms with Crippen LogP contribution in [0.1, 0.15) is 55.8 Å². The predicted molar refractivity (Wildman–Crippen MR) is 127 cm³/mol. The van der Waals surface area contributed by atoms with Gasteiger partial charge in [0, 0.05) is 25.7 Å². The van der Waals surface area contributed by atoms with Gasteiger partial charge in [-0.15, -0.1) is 0 Å². The molecule has 4 fully saturated rings. The van der Waals surface area contributed by atoms with Crippen molar-refractivity contribution in [1.82, 2.24) is 9.62 Å². The van der Waals surface area contributed by atoms with Crippen LogP contribution >= 0.6 is 0 Å². The molecule has 4 saturated carbocycles. The summed E-state index contributed by atoms with van der Waals surface area (Å²) in [4.78, 5) is 24.7. The topological polar surface area (TPSA) is 125 Å².